The molecular weight excluding hydrogens is 486 g/mol. The number of hydrogen-bond donors (Lipinski definition) is 0. The van der Waals surface area contributed by atoms with E-state index in [1.165, 1.54) is 70.8 Å². The van der Waals surface area contributed by atoms with Gasteiger partial charge in [-0.05, 0) is 87.3 Å². The summed E-state index contributed by atoms with van der Waals surface area (Å²) in [6, 6.07) is 46.5. The SMILES string of the molecule is c1ccc2cc3c(cc2c1)c1cc(-c2ccc4c(c2)oc2ccccc24)cc2c4cc5ccccc5cc4n3c12. The molecule has 0 saturated heterocycles. The fourth-order valence-corrected chi connectivity index (χ4v) is 6.99. The molecule has 2 nitrogen and oxygen atoms in total. The molecule has 0 bridgehead atoms. The Hall–Kier alpha value is -5.34. The van der Waals surface area contributed by atoms with Crippen LogP contribution in [0.25, 0.3) is 92.7 Å². The third kappa shape index (κ3) is 2.58. The van der Waals surface area contributed by atoms with Crippen molar-refractivity contribution in [1.82, 2.24) is 4.40 Å². The first-order valence-electron chi connectivity index (χ1n) is 13.8. The molecular formula is C38H21NO. The number of nitrogens with zero attached hydrogens (tertiary/aromatic N) is 1. The van der Waals surface area contributed by atoms with E-state index in [0.29, 0.717) is 0 Å². The minimum Gasteiger partial charge on any atom is -0.456 e. The van der Waals surface area contributed by atoms with Gasteiger partial charge in [0.1, 0.15) is 11.2 Å². The Morgan fingerprint density at radius 1 is 0.375 bits per heavy atom. The highest BCUT2D eigenvalue weighted by molar-refractivity contribution is 6.27. The van der Waals surface area contributed by atoms with Crippen molar-refractivity contribution in [2.75, 3.05) is 0 Å². The lowest BCUT2D eigenvalue weighted by Gasteiger charge is -2.06. The Labute approximate surface area is 228 Å². The maximum absolute atomic E-state index is 6.27. The van der Waals surface area contributed by atoms with Crippen LogP contribution in [-0.2, 0) is 0 Å². The molecule has 184 valence electrons. The molecule has 3 heterocycles. The number of furan rings is 1. The molecule has 0 spiro atoms. The van der Waals surface area contributed by atoms with Crippen LogP contribution in [0.3, 0.4) is 0 Å². The number of aromatic nitrogens is 1. The van der Waals surface area contributed by atoms with Crippen LogP contribution in [0.1, 0.15) is 0 Å². The van der Waals surface area contributed by atoms with Crippen molar-refractivity contribution in [2.24, 2.45) is 0 Å². The van der Waals surface area contributed by atoms with Gasteiger partial charge in [-0.3, -0.25) is 0 Å². The lowest BCUT2D eigenvalue weighted by atomic mass is 9.97. The van der Waals surface area contributed by atoms with Gasteiger partial charge in [0.15, 0.2) is 0 Å². The van der Waals surface area contributed by atoms with Crippen LogP contribution < -0.4 is 0 Å². The van der Waals surface area contributed by atoms with E-state index >= 15 is 0 Å². The zero-order valence-corrected chi connectivity index (χ0v) is 21.5. The van der Waals surface area contributed by atoms with Crippen molar-refractivity contribution < 1.29 is 4.42 Å². The van der Waals surface area contributed by atoms with E-state index in [1.54, 1.807) is 0 Å². The van der Waals surface area contributed by atoms with Crippen LogP contribution in [-0.4, -0.2) is 4.40 Å². The Balaban J connectivity index is 1.37. The molecule has 0 aliphatic carbocycles. The fourth-order valence-electron chi connectivity index (χ4n) is 6.99. The van der Waals surface area contributed by atoms with Crippen LogP contribution in [0.2, 0.25) is 0 Å². The van der Waals surface area contributed by atoms with E-state index in [0.717, 1.165) is 21.9 Å². The van der Waals surface area contributed by atoms with Gasteiger partial charge in [0.25, 0.3) is 0 Å². The quantitative estimate of drug-likeness (QED) is 0.216. The second-order valence-corrected chi connectivity index (χ2v) is 11.0. The molecule has 10 aromatic rings. The van der Waals surface area contributed by atoms with Crippen LogP contribution in [0.15, 0.2) is 132 Å². The van der Waals surface area contributed by atoms with Crippen molar-refractivity contribution in [1.29, 1.82) is 0 Å². The normalized spacial score (nSPS) is 12.5. The molecule has 7 aromatic carbocycles. The Bertz CT molecular complexity index is 2530. The third-order valence-corrected chi connectivity index (χ3v) is 8.84. The van der Waals surface area contributed by atoms with Gasteiger partial charge >= 0.3 is 0 Å². The molecule has 0 radical (unpaired) electrons. The van der Waals surface area contributed by atoms with E-state index in [1.807, 2.05) is 12.1 Å². The lowest BCUT2D eigenvalue weighted by Crippen LogP contribution is -1.82. The molecule has 0 unspecified atom stereocenters. The molecule has 0 saturated carbocycles. The fraction of sp³-hybridized carbons (Fsp3) is 0. The van der Waals surface area contributed by atoms with Crippen molar-refractivity contribution >= 4 is 81.6 Å². The minimum atomic E-state index is 0.926. The third-order valence-electron chi connectivity index (χ3n) is 8.84. The summed E-state index contributed by atoms with van der Waals surface area (Å²) in [5, 5.41) is 12.5. The summed E-state index contributed by atoms with van der Waals surface area (Å²) in [6.07, 6.45) is 0. The van der Waals surface area contributed by atoms with E-state index in [9.17, 15) is 0 Å². The molecule has 0 aliphatic rings. The Kier molecular flexibility index (Phi) is 3.70. The first-order chi connectivity index (χ1) is 19.8. The Morgan fingerprint density at radius 2 is 0.925 bits per heavy atom. The van der Waals surface area contributed by atoms with Gasteiger partial charge in [-0.25, -0.2) is 0 Å². The molecule has 0 fully saturated rings. The highest BCUT2D eigenvalue weighted by Gasteiger charge is 2.20. The Morgan fingerprint density at radius 3 is 1.57 bits per heavy atom. The number of hydrogen-bond acceptors (Lipinski definition) is 1. The maximum atomic E-state index is 6.27. The first-order valence-corrected chi connectivity index (χ1v) is 13.8. The number of fused-ring (bicyclic) bond motifs is 11. The zero-order chi connectivity index (χ0) is 25.9. The second-order valence-electron chi connectivity index (χ2n) is 11.0. The monoisotopic (exact) mass is 507 g/mol. The molecule has 0 N–H and O–H groups in total. The van der Waals surface area contributed by atoms with Crippen molar-refractivity contribution in [3.8, 4) is 11.1 Å². The van der Waals surface area contributed by atoms with Gasteiger partial charge in [-0.1, -0.05) is 72.8 Å². The number of benzene rings is 7. The largest absolute Gasteiger partial charge is 0.456 e. The highest BCUT2D eigenvalue weighted by atomic mass is 16.3. The maximum Gasteiger partial charge on any atom is 0.136 e. The van der Waals surface area contributed by atoms with Crippen molar-refractivity contribution in [3.63, 3.8) is 0 Å². The molecule has 40 heavy (non-hydrogen) atoms. The molecule has 3 aromatic heterocycles. The van der Waals surface area contributed by atoms with Gasteiger partial charge < -0.3 is 8.82 Å². The predicted octanol–water partition coefficient (Wildman–Crippen LogP) is 10.7. The topological polar surface area (TPSA) is 17.6 Å². The summed E-state index contributed by atoms with van der Waals surface area (Å²) < 4.78 is 8.76. The predicted molar refractivity (Wildman–Crippen MR) is 169 cm³/mol. The van der Waals surface area contributed by atoms with Crippen molar-refractivity contribution in [2.45, 2.75) is 0 Å². The average Bonchev–Trinajstić information content (AvgIpc) is 3.64. The number of para-hydroxylation sites is 1. The van der Waals surface area contributed by atoms with E-state index in [4.69, 9.17) is 4.42 Å². The molecule has 2 heteroatoms. The summed E-state index contributed by atoms with van der Waals surface area (Å²) in [5.41, 5.74) is 8.04. The van der Waals surface area contributed by atoms with Crippen LogP contribution in [0.4, 0.5) is 0 Å². The molecule has 0 atom stereocenters. The first kappa shape index (κ1) is 20.6. The van der Waals surface area contributed by atoms with Gasteiger partial charge in [0.2, 0.25) is 0 Å². The highest BCUT2D eigenvalue weighted by Crippen LogP contribution is 2.44. The van der Waals surface area contributed by atoms with E-state index in [-0.39, 0.29) is 0 Å². The van der Waals surface area contributed by atoms with Gasteiger partial charge in [-0.15, -0.1) is 0 Å². The van der Waals surface area contributed by atoms with E-state index in [2.05, 4.69) is 120 Å². The van der Waals surface area contributed by atoms with Crippen LogP contribution >= 0.6 is 0 Å². The molecule has 10 rings (SSSR count). The lowest BCUT2D eigenvalue weighted by molar-refractivity contribution is 0.669. The number of rotatable bonds is 1. The zero-order valence-electron chi connectivity index (χ0n) is 21.5. The standard InChI is InChI=1S/C38H21NO/c1-3-9-24-19-34-30(15-22(24)7-1)32-17-27(26-13-14-29-28-11-5-6-12-36(28)40-37(29)21-26)18-33-31-16-23-8-2-4-10-25(23)20-35(31)39(34)38(32)33/h1-21H. The summed E-state index contributed by atoms with van der Waals surface area (Å²) >= 11 is 0. The van der Waals surface area contributed by atoms with Crippen molar-refractivity contribution in [3.05, 3.63) is 127 Å². The van der Waals surface area contributed by atoms with E-state index < -0.39 is 0 Å². The minimum absolute atomic E-state index is 0.926. The second kappa shape index (κ2) is 7.19. The summed E-state index contributed by atoms with van der Waals surface area (Å²) in [4.78, 5) is 0. The molecule has 0 aliphatic heterocycles. The summed E-state index contributed by atoms with van der Waals surface area (Å²) in [6.45, 7) is 0. The van der Waals surface area contributed by atoms with Crippen LogP contribution in [0, 0.1) is 0 Å². The summed E-state index contributed by atoms with van der Waals surface area (Å²) in [5.74, 6) is 0. The summed E-state index contributed by atoms with van der Waals surface area (Å²) in [7, 11) is 0. The smallest absolute Gasteiger partial charge is 0.136 e. The molecule has 0 amide bonds. The van der Waals surface area contributed by atoms with Crippen LogP contribution in [0.5, 0.6) is 0 Å². The van der Waals surface area contributed by atoms with Gasteiger partial charge in [-0.2, -0.15) is 0 Å². The van der Waals surface area contributed by atoms with Gasteiger partial charge in [0, 0.05) is 32.3 Å². The average molecular weight is 508 g/mol. The van der Waals surface area contributed by atoms with Gasteiger partial charge in [0.05, 0.1) is 16.6 Å².